The SMILES string of the molecule is CC(C)C[C@@H]1CC(=O)C=CN1[C@H]1O[C@H](COC(=O)C(C)(C)C)[C@@H](OC(=O)C(C)(C)C)[C@@H](OC(=O)C(C)(C)C)[C@H]1OC(=O)C(C)(C)C. The van der Waals surface area contributed by atoms with E-state index in [0.717, 1.165) is 0 Å². The Hall–Kier alpha value is -2.95. The predicted octanol–water partition coefficient (Wildman–Crippen LogP) is 5.38. The van der Waals surface area contributed by atoms with Crippen LogP contribution in [0.2, 0.25) is 0 Å². The molecule has 0 amide bonds. The fourth-order valence-corrected chi connectivity index (χ4v) is 4.68. The van der Waals surface area contributed by atoms with Gasteiger partial charge in [-0.3, -0.25) is 24.0 Å². The quantitative estimate of drug-likeness (QED) is 0.247. The number of esters is 4. The van der Waals surface area contributed by atoms with Crippen molar-refractivity contribution in [3.63, 3.8) is 0 Å². The summed E-state index contributed by atoms with van der Waals surface area (Å²) >= 11 is 0. The Morgan fingerprint density at radius 3 is 1.61 bits per heavy atom. The minimum absolute atomic E-state index is 0.0655. The van der Waals surface area contributed by atoms with Crippen molar-refractivity contribution in [3.05, 3.63) is 12.3 Å². The topological polar surface area (TPSA) is 135 Å². The molecular weight excluding hydrogens is 594 g/mol. The summed E-state index contributed by atoms with van der Waals surface area (Å²) in [6.45, 7) is 24.0. The van der Waals surface area contributed by atoms with Crippen LogP contribution in [0.15, 0.2) is 12.3 Å². The Morgan fingerprint density at radius 1 is 0.739 bits per heavy atom. The van der Waals surface area contributed by atoms with E-state index < -0.39 is 76.2 Å². The highest BCUT2D eigenvalue weighted by Crippen LogP contribution is 2.37. The molecule has 0 saturated carbocycles. The van der Waals surface area contributed by atoms with E-state index in [-0.39, 0.29) is 30.8 Å². The Balaban J connectivity index is 2.82. The molecule has 0 aromatic heterocycles. The van der Waals surface area contributed by atoms with E-state index in [1.54, 1.807) is 94.2 Å². The third kappa shape index (κ3) is 10.5. The van der Waals surface area contributed by atoms with Gasteiger partial charge in [0.2, 0.25) is 0 Å². The molecule has 0 aromatic rings. The van der Waals surface area contributed by atoms with E-state index in [1.165, 1.54) is 6.08 Å². The summed E-state index contributed by atoms with van der Waals surface area (Å²) in [7, 11) is 0. The van der Waals surface area contributed by atoms with Gasteiger partial charge in [-0.05, 0) is 101 Å². The first-order chi connectivity index (χ1) is 20.7. The second kappa shape index (κ2) is 14.4. The Morgan fingerprint density at radius 2 is 1.17 bits per heavy atom. The van der Waals surface area contributed by atoms with E-state index in [2.05, 4.69) is 0 Å². The lowest BCUT2D eigenvalue weighted by atomic mass is 9.90. The maximum absolute atomic E-state index is 13.5. The first-order valence-corrected chi connectivity index (χ1v) is 16.2. The molecule has 0 unspecified atom stereocenters. The van der Waals surface area contributed by atoms with Crippen LogP contribution in [0, 0.1) is 27.6 Å². The summed E-state index contributed by atoms with van der Waals surface area (Å²) in [4.78, 5) is 67.7. The molecule has 0 radical (unpaired) electrons. The largest absolute Gasteiger partial charge is 0.462 e. The van der Waals surface area contributed by atoms with Crippen molar-refractivity contribution in [1.82, 2.24) is 4.90 Å². The van der Waals surface area contributed by atoms with Gasteiger partial charge < -0.3 is 28.6 Å². The van der Waals surface area contributed by atoms with Gasteiger partial charge in [0.25, 0.3) is 0 Å². The number of hydrogen-bond donors (Lipinski definition) is 0. The van der Waals surface area contributed by atoms with Gasteiger partial charge in [-0.1, -0.05) is 13.8 Å². The maximum atomic E-state index is 13.5. The third-order valence-corrected chi connectivity index (χ3v) is 7.50. The van der Waals surface area contributed by atoms with Crippen LogP contribution in [0.5, 0.6) is 0 Å². The highest BCUT2D eigenvalue weighted by Gasteiger charge is 2.56. The molecule has 11 nitrogen and oxygen atoms in total. The van der Waals surface area contributed by atoms with Crippen LogP contribution in [-0.2, 0) is 47.7 Å². The van der Waals surface area contributed by atoms with Crippen LogP contribution in [0.1, 0.15) is 110 Å². The normalized spacial score (nSPS) is 26.1. The molecule has 1 fully saturated rings. The van der Waals surface area contributed by atoms with E-state index in [9.17, 15) is 24.0 Å². The van der Waals surface area contributed by atoms with E-state index in [1.807, 2.05) is 13.8 Å². The Kier molecular flexibility index (Phi) is 12.3. The van der Waals surface area contributed by atoms with Crippen LogP contribution in [0.25, 0.3) is 0 Å². The van der Waals surface area contributed by atoms with Crippen LogP contribution in [0.4, 0.5) is 0 Å². The molecule has 0 spiro atoms. The zero-order valence-electron chi connectivity index (χ0n) is 30.3. The molecule has 2 aliphatic rings. The zero-order chi connectivity index (χ0) is 35.6. The summed E-state index contributed by atoms with van der Waals surface area (Å²) in [6, 6.07) is -0.344. The fourth-order valence-electron chi connectivity index (χ4n) is 4.68. The van der Waals surface area contributed by atoms with E-state index >= 15 is 0 Å². The van der Waals surface area contributed by atoms with Gasteiger partial charge in [0.1, 0.15) is 12.7 Å². The van der Waals surface area contributed by atoms with Gasteiger partial charge in [0.05, 0.1) is 21.7 Å². The van der Waals surface area contributed by atoms with Crippen molar-refractivity contribution >= 4 is 29.7 Å². The van der Waals surface area contributed by atoms with Gasteiger partial charge in [-0.15, -0.1) is 0 Å². The first-order valence-electron chi connectivity index (χ1n) is 16.2. The standard InChI is InChI=1S/C35H57NO10/c1-20(2)17-21-18-22(37)15-16-36(21)27-26(46-31(41)35(12,13)14)25(45-30(40)34(9,10)11)24(44-29(39)33(6,7)8)23(43-27)19-42-28(38)32(3,4)5/h15-16,20-21,23-27H,17-19H2,1-14H3/t21-,23-,24-,25-,26-,27+/m1/s1. The van der Waals surface area contributed by atoms with Crippen LogP contribution >= 0.6 is 0 Å². The van der Waals surface area contributed by atoms with Crippen LogP contribution in [-0.4, -0.2) is 77.9 Å². The Bertz CT molecular complexity index is 1160. The lowest BCUT2D eigenvalue weighted by Gasteiger charge is -2.51. The van der Waals surface area contributed by atoms with E-state index in [0.29, 0.717) is 6.42 Å². The predicted molar refractivity (Wildman–Crippen MR) is 171 cm³/mol. The van der Waals surface area contributed by atoms with Crippen molar-refractivity contribution in [1.29, 1.82) is 0 Å². The lowest BCUT2D eigenvalue weighted by molar-refractivity contribution is -0.283. The summed E-state index contributed by atoms with van der Waals surface area (Å²) < 4.78 is 30.6. The molecule has 0 aliphatic carbocycles. The van der Waals surface area contributed by atoms with Gasteiger partial charge >= 0.3 is 23.9 Å². The van der Waals surface area contributed by atoms with Gasteiger partial charge in [-0.25, -0.2) is 0 Å². The summed E-state index contributed by atoms with van der Waals surface area (Å²) in [6.07, 6.45) is -2.37. The number of allylic oxidation sites excluding steroid dienone is 1. The number of ketones is 1. The molecule has 0 N–H and O–H groups in total. The highest BCUT2D eigenvalue weighted by molar-refractivity contribution is 5.90. The Labute approximate surface area is 275 Å². The minimum atomic E-state index is -1.35. The molecule has 2 heterocycles. The number of ether oxygens (including phenoxy) is 5. The minimum Gasteiger partial charge on any atom is -0.462 e. The second-order valence-corrected chi connectivity index (χ2v) is 17.0. The summed E-state index contributed by atoms with van der Waals surface area (Å²) in [5, 5.41) is 0. The second-order valence-electron chi connectivity index (χ2n) is 17.0. The van der Waals surface area contributed by atoms with Gasteiger partial charge in [0.15, 0.2) is 30.3 Å². The molecule has 6 atom stereocenters. The van der Waals surface area contributed by atoms with Crippen LogP contribution < -0.4 is 0 Å². The number of hydrogen-bond acceptors (Lipinski definition) is 11. The van der Waals surface area contributed by atoms with Gasteiger partial charge in [0, 0.05) is 18.7 Å². The molecule has 46 heavy (non-hydrogen) atoms. The molecule has 2 rings (SSSR count). The van der Waals surface area contributed by atoms with Crippen molar-refractivity contribution in [2.45, 2.75) is 146 Å². The van der Waals surface area contributed by atoms with Crippen molar-refractivity contribution in [2.75, 3.05) is 6.61 Å². The number of carbonyl (C=O) groups is 5. The lowest BCUT2D eigenvalue weighted by Crippen LogP contribution is -2.67. The monoisotopic (exact) mass is 651 g/mol. The molecule has 262 valence electrons. The van der Waals surface area contributed by atoms with Crippen LogP contribution in [0.3, 0.4) is 0 Å². The number of carbonyl (C=O) groups excluding carboxylic acids is 5. The van der Waals surface area contributed by atoms with E-state index in [4.69, 9.17) is 23.7 Å². The first kappa shape index (κ1) is 39.2. The average molecular weight is 652 g/mol. The highest BCUT2D eigenvalue weighted by atomic mass is 16.7. The number of nitrogens with zero attached hydrogens (tertiary/aromatic N) is 1. The summed E-state index contributed by atoms with van der Waals surface area (Å²) in [5.74, 6) is -2.22. The maximum Gasteiger partial charge on any atom is 0.311 e. The van der Waals surface area contributed by atoms with Crippen molar-refractivity contribution in [3.8, 4) is 0 Å². The van der Waals surface area contributed by atoms with Crippen molar-refractivity contribution < 1.29 is 47.7 Å². The smallest absolute Gasteiger partial charge is 0.311 e. The molecule has 0 bridgehead atoms. The number of rotatable bonds is 8. The third-order valence-electron chi connectivity index (χ3n) is 7.50. The average Bonchev–Trinajstić information content (AvgIpc) is 2.87. The molecule has 2 aliphatic heterocycles. The molecular formula is C35H57NO10. The summed E-state index contributed by atoms with van der Waals surface area (Å²) in [5.41, 5.74) is -3.73. The van der Waals surface area contributed by atoms with Gasteiger partial charge in [-0.2, -0.15) is 0 Å². The molecule has 1 saturated heterocycles. The molecule has 11 heteroatoms. The van der Waals surface area contributed by atoms with Crippen molar-refractivity contribution in [2.24, 2.45) is 27.6 Å². The zero-order valence-corrected chi connectivity index (χ0v) is 30.3. The molecule has 0 aromatic carbocycles. The fraction of sp³-hybridized carbons (Fsp3) is 0.800.